The number of ether oxygens (including phenoxy) is 1. The molecule has 0 amide bonds. The third-order valence-corrected chi connectivity index (χ3v) is 3.48. The molecule has 0 saturated heterocycles. The maximum Gasteiger partial charge on any atom is 0.461 e. The van der Waals surface area contributed by atoms with Crippen molar-refractivity contribution >= 4 is 0 Å². The Morgan fingerprint density at radius 2 is 1.58 bits per heavy atom. The Bertz CT molecular complexity index is 635. The van der Waals surface area contributed by atoms with Crippen LogP contribution in [0, 0.1) is 0 Å². The summed E-state index contributed by atoms with van der Waals surface area (Å²) in [6.07, 6.45) is -9.05. The summed E-state index contributed by atoms with van der Waals surface area (Å²) < 4.78 is 53.8. The number of aliphatic hydroxyl groups is 1. The van der Waals surface area contributed by atoms with Gasteiger partial charge in [-0.1, -0.05) is 42.5 Å². The highest BCUT2D eigenvalue weighted by Gasteiger charge is 2.43. The Balaban J connectivity index is 2.01. The molecule has 0 spiro atoms. The monoisotopic (exact) mass is 343 g/mol. The van der Waals surface area contributed by atoms with Crippen LogP contribution in [0.3, 0.4) is 0 Å². The van der Waals surface area contributed by atoms with Crippen LogP contribution in [0.4, 0.5) is 17.6 Å². The molecule has 0 bridgehead atoms. The van der Waals surface area contributed by atoms with Crippen molar-refractivity contribution in [3.63, 3.8) is 0 Å². The predicted octanol–water partition coefficient (Wildman–Crippen LogP) is 3.53. The Morgan fingerprint density at radius 1 is 1.00 bits per heavy atom. The lowest BCUT2D eigenvalue weighted by molar-refractivity contribution is -0.253. The van der Waals surface area contributed by atoms with Crippen molar-refractivity contribution in [1.82, 2.24) is 0 Å². The van der Waals surface area contributed by atoms with Crippen LogP contribution in [0.2, 0.25) is 0 Å². The molecule has 0 aliphatic heterocycles. The SMILES string of the molecule is N[C@H](c1ccc(OC(F)(F)C(F)F)cc1)[C@@H](O)Cc1ccccc1. The van der Waals surface area contributed by atoms with Gasteiger partial charge in [0.2, 0.25) is 0 Å². The number of alkyl halides is 4. The normalized spacial score (nSPS) is 14.5. The number of aliphatic hydroxyl groups excluding tert-OH is 1. The molecule has 24 heavy (non-hydrogen) atoms. The fourth-order valence-electron chi connectivity index (χ4n) is 2.16. The van der Waals surface area contributed by atoms with Gasteiger partial charge in [-0.3, -0.25) is 0 Å². The largest absolute Gasteiger partial charge is 0.461 e. The van der Waals surface area contributed by atoms with E-state index in [4.69, 9.17) is 5.73 Å². The molecule has 0 aliphatic rings. The summed E-state index contributed by atoms with van der Waals surface area (Å²) in [5, 5.41) is 10.2. The number of hydrogen-bond donors (Lipinski definition) is 2. The molecule has 0 radical (unpaired) electrons. The summed E-state index contributed by atoms with van der Waals surface area (Å²) in [5.74, 6) is -0.409. The minimum Gasteiger partial charge on any atom is -0.428 e. The molecule has 130 valence electrons. The van der Waals surface area contributed by atoms with Crippen molar-refractivity contribution in [2.45, 2.75) is 31.1 Å². The molecule has 7 heteroatoms. The summed E-state index contributed by atoms with van der Waals surface area (Å²) >= 11 is 0. The molecule has 0 aromatic heterocycles. The molecule has 2 rings (SSSR count). The molecule has 2 aromatic carbocycles. The maximum absolute atomic E-state index is 12.8. The third-order valence-electron chi connectivity index (χ3n) is 3.48. The van der Waals surface area contributed by atoms with E-state index < -0.39 is 30.4 Å². The van der Waals surface area contributed by atoms with E-state index in [2.05, 4.69) is 4.74 Å². The Hall–Kier alpha value is -2.12. The Morgan fingerprint density at radius 3 is 2.12 bits per heavy atom. The second-order valence-corrected chi connectivity index (χ2v) is 5.32. The van der Waals surface area contributed by atoms with Crippen LogP contribution in [0.15, 0.2) is 54.6 Å². The van der Waals surface area contributed by atoms with E-state index in [0.717, 1.165) is 17.7 Å². The summed E-state index contributed by atoms with van der Waals surface area (Å²) in [6, 6.07) is 13.4. The molecule has 0 aliphatic carbocycles. The molecule has 3 N–H and O–H groups in total. The van der Waals surface area contributed by atoms with Gasteiger partial charge in [-0.05, 0) is 23.3 Å². The highest BCUT2D eigenvalue weighted by atomic mass is 19.3. The summed E-state index contributed by atoms with van der Waals surface area (Å²) in [6.45, 7) is 0. The van der Waals surface area contributed by atoms with E-state index >= 15 is 0 Å². The van der Waals surface area contributed by atoms with Crippen LogP contribution in [0.1, 0.15) is 17.2 Å². The summed E-state index contributed by atoms with van der Waals surface area (Å²) in [4.78, 5) is 0. The minimum atomic E-state index is -4.56. The van der Waals surface area contributed by atoms with Gasteiger partial charge in [-0.15, -0.1) is 0 Å². The second-order valence-electron chi connectivity index (χ2n) is 5.32. The molecular weight excluding hydrogens is 326 g/mol. The molecule has 0 heterocycles. The molecule has 0 unspecified atom stereocenters. The fourth-order valence-corrected chi connectivity index (χ4v) is 2.16. The van der Waals surface area contributed by atoms with Gasteiger partial charge in [-0.25, -0.2) is 0 Å². The van der Waals surface area contributed by atoms with Crippen molar-refractivity contribution in [3.8, 4) is 5.75 Å². The lowest BCUT2D eigenvalue weighted by atomic mass is 9.97. The predicted molar refractivity (Wildman–Crippen MR) is 81.1 cm³/mol. The molecule has 3 nitrogen and oxygen atoms in total. The molecule has 2 atom stereocenters. The number of benzene rings is 2. The summed E-state index contributed by atoms with van der Waals surface area (Å²) in [5.41, 5.74) is 7.33. The van der Waals surface area contributed by atoms with E-state index in [1.165, 1.54) is 12.1 Å². The zero-order chi connectivity index (χ0) is 17.7. The van der Waals surface area contributed by atoms with Gasteiger partial charge in [0.05, 0.1) is 12.1 Å². The minimum absolute atomic E-state index is 0.323. The van der Waals surface area contributed by atoms with Gasteiger partial charge in [0, 0.05) is 6.42 Å². The van der Waals surface area contributed by atoms with E-state index in [1.807, 2.05) is 30.3 Å². The van der Waals surface area contributed by atoms with Gasteiger partial charge in [0.15, 0.2) is 0 Å². The Kier molecular flexibility index (Phi) is 5.80. The van der Waals surface area contributed by atoms with Crippen LogP contribution >= 0.6 is 0 Å². The summed E-state index contributed by atoms with van der Waals surface area (Å²) in [7, 11) is 0. The van der Waals surface area contributed by atoms with Gasteiger partial charge in [0.25, 0.3) is 0 Å². The van der Waals surface area contributed by atoms with Gasteiger partial charge in [0.1, 0.15) is 5.75 Å². The Labute approximate surface area is 136 Å². The van der Waals surface area contributed by atoms with Crippen LogP contribution in [-0.2, 0) is 6.42 Å². The quantitative estimate of drug-likeness (QED) is 0.756. The average Bonchev–Trinajstić information content (AvgIpc) is 2.55. The van der Waals surface area contributed by atoms with Crippen molar-refractivity contribution in [3.05, 3.63) is 65.7 Å². The van der Waals surface area contributed by atoms with Crippen molar-refractivity contribution in [2.24, 2.45) is 5.73 Å². The topological polar surface area (TPSA) is 55.5 Å². The maximum atomic E-state index is 12.8. The van der Waals surface area contributed by atoms with Gasteiger partial charge >= 0.3 is 12.5 Å². The first-order valence-corrected chi connectivity index (χ1v) is 7.22. The molecular formula is C17H17F4NO2. The first kappa shape index (κ1) is 18.2. The number of nitrogens with two attached hydrogens (primary N) is 1. The smallest absolute Gasteiger partial charge is 0.428 e. The molecule has 2 aromatic rings. The highest BCUT2D eigenvalue weighted by molar-refractivity contribution is 5.30. The lowest BCUT2D eigenvalue weighted by Crippen LogP contribution is -2.33. The van der Waals surface area contributed by atoms with E-state index in [-0.39, 0.29) is 0 Å². The number of rotatable bonds is 7. The lowest BCUT2D eigenvalue weighted by Gasteiger charge is -2.20. The zero-order valence-corrected chi connectivity index (χ0v) is 12.6. The average molecular weight is 343 g/mol. The van der Waals surface area contributed by atoms with Crippen LogP contribution in [0.5, 0.6) is 5.75 Å². The van der Waals surface area contributed by atoms with E-state index in [0.29, 0.717) is 12.0 Å². The number of halogens is 4. The van der Waals surface area contributed by atoms with Crippen LogP contribution in [0.25, 0.3) is 0 Å². The molecule has 0 fully saturated rings. The van der Waals surface area contributed by atoms with Gasteiger partial charge < -0.3 is 15.6 Å². The first-order chi connectivity index (χ1) is 11.3. The van der Waals surface area contributed by atoms with Crippen LogP contribution in [-0.4, -0.2) is 23.7 Å². The molecule has 0 saturated carbocycles. The fraction of sp³-hybridized carbons (Fsp3) is 0.294. The van der Waals surface area contributed by atoms with E-state index in [9.17, 15) is 22.7 Å². The van der Waals surface area contributed by atoms with Crippen molar-refractivity contribution in [1.29, 1.82) is 0 Å². The first-order valence-electron chi connectivity index (χ1n) is 7.22. The second kappa shape index (κ2) is 7.63. The van der Waals surface area contributed by atoms with E-state index in [1.54, 1.807) is 0 Å². The van der Waals surface area contributed by atoms with Crippen LogP contribution < -0.4 is 10.5 Å². The van der Waals surface area contributed by atoms with Gasteiger partial charge in [-0.2, -0.15) is 17.6 Å². The number of hydrogen-bond acceptors (Lipinski definition) is 3. The van der Waals surface area contributed by atoms with Crippen molar-refractivity contribution < 1.29 is 27.4 Å². The van der Waals surface area contributed by atoms with Crippen molar-refractivity contribution in [2.75, 3.05) is 0 Å². The highest BCUT2D eigenvalue weighted by Crippen LogP contribution is 2.28. The zero-order valence-electron chi connectivity index (χ0n) is 12.6. The third kappa shape index (κ3) is 4.69. The standard InChI is InChI=1S/C17H17F4NO2/c18-16(19)17(20,21)24-13-8-6-12(7-9-13)15(22)14(23)10-11-4-2-1-3-5-11/h1-9,14-16,23H,10,22H2/t14-,15+/m0/s1.